The van der Waals surface area contributed by atoms with Gasteiger partial charge < -0.3 is 9.73 Å². The Morgan fingerprint density at radius 3 is 2.68 bits per heavy atom. The van der Waals surface area contributed by atoms with Crippen molar-refractivity contribution in [2.75, 3.05) is 0 Å². The van der Waals surface area contributed by atoms with Crippen LogP contribution in [0.5, 0.6) is 0 Å². The zero-order valence-electron chi connectivity index (χ0n) is 10.3. The van der Waals surface area contributed by atoms with Crippen LogP contribution in [0.3, 0.4) is 0 Å². The number of benzene rings is 1. The van der Waals surface area contributed by atoms with Gasteiger partial charge in [0, 0.05) is 5.56 Å². The smallest absolute Gasteiger partial charge is 0.271 e. The maximum atomic E-state index is 5.64. The number of quaternary nitrogens is 1. The molecule has 0 unspecified atom stereocenters. The molecule has 96 valence electrons. The Hall–Kier alpha value is -1.98. The van der Waals surface area contributed by atoms with Gasteiger partial charge >= 0.3 is 0 Å². The second kappa shape index (κ2) is 5.77. The Labute approximate surface area is 115 Å². The molecule has 0 spiro atoms. The number of nitrogens with two attached hydrogens (primary N) is 1. The van der Waals surface area contributed by atoms with Crippen LogP contribution in [0.2, 0.25) is 0 Å². The quantitative estimate of drug-likeness (QED) is 0.773. The van der Waals surface area contributed by atoms with Crippen molar-refractivity contribution >= 4 is 11.3 Å². The first kappa shape index (κ1) is 12.1. The number of thiophene rings is 1. The van der Waals surface area contributed by atoms with E-state index in [1.807, 2.05) is 30.3 Å². The highest BCUT2D eigenvalue weighted by Crippen LogP contribution is 2.16. The molecular formula is C14H14N3OS+. The molecule has 5 heteroatoms. The van der Waals surface area contributed by atoms with E-state index in [2.05, 4.69) is 33.0 Å². The van der Waals surface area contributed by atoms with E-state index in [1.54, 1.807) is 11.3 Å². The third-order valence-corrected chi connectivity index (χ3v) is 3.63. The number of aromatic nitrogens is 2. The fraction of sp³-hybridized carbons (Fsp3) is 0.143. The summed E-state index contributed by atoms with van der Waals surface area (Å²) in [7, 11) is 0. The fourth-order valence-corrected chi connectivity index (χ4v) is 2.50. The molecule has 0 atom stereocenters. The van der Waals surface area contributed by atoms with Crippen LogP contribution in [0.1, 0.15) is 10.8 Å². The molecule has 3 rings (SSSR count). The summed E-state index contributed by atoms with van der Waals surface area (Å²) in [5.74, 6) is 1.25. The first-order chi connectivity index (χ1) is 9.42. The van der Waals surface area contributed by atoms with Gasteiger partial charge in [-0.2, -0.15) is 0 Å². The minimum absolute atomic E-state index is 0.583. The first-order valence-electron chi connectivity index (χ1n) is 6.13. The summed E-state index contributed by atoms with van der Waals surface area (Å²) < 4.78 is 5.64. The highest BCUT2D eigenvalue weighted by atomic mass is 32.1. The van der Waals surface area contributed by atoms with Crippen molar-refractivity contribution in [3.8, 4) is 11.5 Å². The van der Waals surface area contributed by atoms with Crippen LogP contribution in [0.15, 0.2) is 52.3 Å². The van der Waals surface area contributed by atoms with Crippen LogP contribution in [0.4, 0.5) is 0 Å². The van der Waals surface area contributed by atoms with E-state index in [4.69, 9.17) is 4.42 Å². The van der Waals surface area contributed by atoms with Gasteiger partial charge in [0.2, 0.25) is 5.89 Å². The summed E-state index contributed by atoms with van der Waals surface area (Å²) >= 11 is 1.76. The highest BCUT2D eigenvalue weighted by molar-refractivity contribution is 7.09. The van der Waals surface area contributed by atoms with Gasteiger partial charge in [-0.25, -0.2) is 0 Å². The largest absolute Gasteiger partial charge is 0.415 e. The molecular weight excluding hydrogens is 258 g/mol. The molecule has 2 N–H and O–H groups in total. The van der Waals surface area contributed by atoms with Crippen LogP contribution in [0.25, 0.3) is 11.5 Å². The van der Waals surface area contributed by atoms with Gasteiger partial charge in [-0.1, -0.05) is 24.3 Å². The van der Waals surface area contributed by atoms with Crippen LogP contribution < -0.4 is 5.32 Å². The minimum Gasteiger partial charge on any atom is -0.415 e. The molecule has 0 bridgehead atoms. The predicted octanol–water partition coefficient (Wildman–Crippen LogP) is 2.06. The van der Waals surface area contributed by atoms with Crippen molar-refractivity contribution in [2.45, 2.75) is 13.1 Å². The summed E-state index contributed by atoms with van der Waals surface area (Å²) in [6.07, 6.45) is 0. The second-order valence-electron chi connectivity index (χ2n) is 4.14. The maximum Gasteiger partial charge on any atom is 0.271 e. The van der Waals surface area contributed by atoms with Gasteiger partial charge in [0.15, 0.2) is 6.54 Å². The fourth-order valence-electron chi connectivity index (χ4n) is 1.80. The van der Waals surface area contributed by atoms with Crippen LogP contribution >= 0.6 is 11.3 Å². The Bertz CT molecular complexity index is 619. The van der Waals surface area contributed by atoms with Crippen molar-refractivity contribution in [2.24, 2.45) is 0 Å². The van der Waals surface area contributed by atoms with E-state index in [-0.39, 0.29) is 0 Å². The van der Waals surface area contributed by atoms with Gasteiger partial charge in [-0.05, 0) is 23.6 Å². The lowest BCUT2D eigenvalue weighted by Gasteiger charge is -1.95. The third kappa shape index (κ3) is 3.07. The molecule has 19 heavy (non-hydrogen) atoms. The summed E-state index contributed by atoms with van der Waals surface area (Å²) in [5.41, 5.74) is 0.958. The van der Waals surface area contributed by atoms with Crippen molar-refractivity contribution in [1.29, 1.82) is 0 Å². The molecule has 3 aromatic rings. The van der Waals surface area contributed by atoms with E-state index < -0.39 is 0 Å². The van der Waals surface area contributed by atoms with E-state index in [1.165, 1.54) is 4.88 Å². The van der Waals surface area contributed by atoms with Crippen molar-refractivity contribution in [3.63, 3.8) is 0 Å². The van der Waals surface area contributed by atoms with Gasteiger partial charge in [0.05, 0.1) is 4.88 Å². The highest BCUT2D eigenvalue weighted by Gasteiger charge is 2.09. The average molecular weight is 272 g/mol. The summed E-state index contributed by atoms with van der Waals surface area (Å²) in [5, 5.41) is 12.4. The molecule has 1 aromatic carbocycles. The number of nitrogens with zero attached hydrogens (tertiary/aromatic N) is 2. The van der Waals surface area contributed by atoms with Gasteiger partial charge in [-0.15, -0.1) is 21.5 Å². The standard InChI is InChI=1S/C14H13N3OS/c1-2-5-11(6-3-1)14-17-16-13(18-14)10-15-9-12-7-4-8-19-12/h1-8,15H,9-10H2/p+1. The van der Waals surface area contributed by atoms with E-state index in [0.717, 1.165) is 12.1 Å². The van der Waals surface area contributed by atoms with Crippen LogP contribution in [-0.2, 0) is 13.1 Å². The van der Waals surface area contributed by atoms with Gasteiger partial charge in [-0.3, -0.25) is 0 Å². The number of hydrogen-bond donors (Lipinski definition) is 1. The van der Waals surface area contributed by atoms with Crippen LogP contribution in [0, 0.1) is 0 Å². The lowest BCUT2D eigenvalue weighted by molar-refractivity contribution is -0.688. The van der Waals surface area contributed by atoms with Crippen molar-refractivity contribution in [3.05, 3.63) is 58.6 Å². The molecule has 0 saturated heterocycles. The SMILES string of the molecule is c1ccc(-c2nnc(C[NH2+]Cc3cccs3)o2)cc1. The molecule has 4 nitrogen and oxygen atoms in total. The lowest BCUT2D eigenvalue weighted by Crippen LogP contribution is -2.80. The molecule has 2 aromatic heterocycles. The van der Waals surface area contributed by atoms with E-state index in [9.17, 15) is 0 Å². The zero-order chi connectivity index (χ0) is 12.9. The summed E-state index contributed by atoms with van der Waals surface area (Å²) in [6, 6.07) is 14.0. The van der Waals surface area contributed by atoms with Crippen molar-refractivity contribution in [1.82, 2.24) is 10.2 Å². The molecule has 0 aliphatic heterocycles. The topological polar surface area (TPSA) is 55.5 Å². The Balaban J connectivity index is 1.59. The Morgan fingerprint density at radius 1 is 1.00 bits per heavy atom. The maximum absolute atomic E-state index is 5.64. The van der Waals surface area contributed by atoms with Crippen LogP contribution in [-0.4, -0.2) is 10.2 Å². The third-order valence-electron chi connectivity index (χ3n) is 2.73. The van der Waals surface area contributed by atoms with Gasteiger partial charge in [0.1, 0.15) is 6.54 Å². The molecule has 0 aliphatic rings. The normalized spacial score (nSPS) is 10.7. The second-order valence-corrected chi connectivity index (χ2v) is 5.18. The summed E-state index contributed by atoms with van der Waals surface area (Å²) in [4.78, 5) is 1.35. The average Bonchev–Trinajstić information content (AvgIpc) is 3.11. The molecule has 0 amide bonds. The first-order valence-corrected chi connectivity index (χ1v) is 7.01. The Kier molecular flexibility index (Phi) is 3.67. The molecule has 0 fully saturated rings. The predicted molar refractivity (Wildman–Crippen MR) is 73.4 cm³/mol. The summed E-state index contributed by atoms with van der Waals surface area (Å²) in [6.45, 7) is 1.65. The van der Waals surface area contributed by atoms with E-state index >= 15 is 0 Å². The van der Waals surface area contributed by atoms with Gasteiger partial charge in [0.25, 0.3) is 5.89 Å². The molecule has 0 radical (unpaired) electrons. The number of hydrogen-bond acceptors (Lipinski definition) is 4. The molecule has 2 heterocycles. The number of rotatable bonds is 5. The molecule has 0 saturated carbocycles. The Morgan fingerprint density at radius 2 is 1.89 bits per heavy atom. The lowest BCUT2D eigenvalue weighted by atomic mass is 10.2. The van der Waals surface area contributed by atoms with Crippen molar-refractivity contribution < 1.29 is 9.73 Å². The van der Waals surface area contributed by atoms with E-state index in [0.29, 0.717) is 18.3 Å². The monoisotopic (exact) mass is 272 g/mol. The minimum atomic E-state index is 0.583. The zero-order valence-corrected chi connectivity index (χ0v) is 11.1. The molecule has 0 aliphatic carbocycles.